The van der Waals surface area contributed by atoms with Crippen LogP contribution in [0.2, 0.25) is 5.02 Å². The molecular weight excluding hydrogens is 298 g/mol. The fraction of sp³-hybridized carbons (Fsp3) is 0.222. The minimum absolute atomic E-state index is 0.673. The maximum atomic E-state index is 5.94. The number of fused-ring (bicyclic) bond motifs is 1. The van der Waals surface area contributed by atoms with E-state index in [0.717, 1.165) is 17.0 Å². The summed E-state index contributed by atoms with van der Waals surface area (Å²) in [5.74, 6) is 2.29. The first-order valence-electron chi connectivity index (χ1n) is 7.21. The number of halogens is 1. The molecule has 2 aromatic carbocycles. The van der Waals surface area contributed by atoms with Crippen molar-refractivity contribution in [3.8, 4) is 0 Å². The molecule has 0 bridgehead atoms. The van der Waals surface area contributed by atoms with Gasteiger partial charge in [0.25, 0.3) is 0 Å². The van der Waals surface area contributed by atoms with Crippen molar-refractivity contribution in [2.45, 2.75) is 25.2 Å². The molecule has 1 radical (unpaired) electrons. The molecule has 0 aliphatic heterocycles. The van der Waals surface area contributed by atoms with E-state index in [2.05, 4.69) is 36.4 Å². The molecule has 1 saturated carbocycles. The Morgan fingerprint density at radius 3 is 2.57 bits per heavy atom. The maximum Gasteiger partial charge on any atom is 0.0944 e. The Hall–Kier alpha value is -1.38. The molecule has 3 aromatic rings. The van der Waals surface area contributed by atoms with Crippen LogP contribution in [0.4, 0.5) is 0 Å². The van der Waals surface area contributed by atoms with Gasteiger partial charge in [0.15, 0.2) is 0 Å². The van der Waals surface area contributed by atoms with E-state index in [1.165, 1.54) is 28.1 Å². The van der Waals surface area contributed by atoms with Crippen LogP contribution >= 0.6 is 22.9 Å². The lowest BCUT2D eigenvalue weighted by Crippen LogP contribution is -2.21. The van der Waals surface area contributed by atoms with Gasteiger partial charge < -0.3 is 0 Å². The Bertz CT molecular complexity index is 723. The number of nitrogens with zero attached hydrogens (tertiary/aromatic N) is 1. The third kappa shape index (κ3) is 2.70. The van der Waals surface area contributed by atoms with E-state index in [1.807, 2.05) is 23.5 Å². The lowest BCUT2D eigenvalue weighted by molar-refractivity contribution is 0.446. The quantitative estimate of drug-likeness (QED) is 0.609. The zero-order chi connectivity index (χ0) is 14.2. The Balaban J connectivity index is 1.40. The highest BCUT2D eigenvalue weighted by atomic mass is 35.5. The first-order chi connectivity index (χ1) is 10.3. The summed E-state index contributed by atoms with van der Waals surface area (Å²) in [6.07, 6.45) is 3.43. The molecule has 3 heteroatoms. The first kappa shape index (κ1) is 13.3. The van der Waals surface area contributed by atoms with Crippen molar-refractivity contribution in [3.05, 3.63) is 70.0 Å². The van der Waals surface area contributed by atoms with Gasteiger partial charge in [-0.25, -0.2) is 4.98 Å². The van der Waals surface area contributed by atoms with Crippen molar-refractivity contribution in [3.63, 3.8) is 0 Å². The highest BCUT2D eigenvalue weighted by Gasteiger charge is 2.31. The van der Waals surface area contributed by atoms with E-state index in [0.29, 0.717) is 5.92 Å². The molecule has 1 heterocycles. The molecule has 1 aromatic heterocycles. The van der Waals surface area contributed by atoms with Crippen LogP contribution in [-0.4, -0.2) is 4.98 Å². The van der Waals surface area contributed by atoms with E-state index >= 15 is 0 Å². The van der Waals surface area contributed by atoms with Gasteiger partial charge in [-0.3, -0.25) is 0 Å². The van der Waals surface area contributed by atoms with Gasteiger partial charge in [0, 0.05) is 11.4 Å². The Labute approximate surface area is 133 Å². The Morgan fingerprint density at radius 1 is 1.05 bits per heavy atom. The fourth-order valence-electron chi connectivity index (χ4n) is 2.96. The summed E-state index contributed by atoms with van der Waals surface area (Å²) in [5.41, 5.74) is 2.54. The SMILES string of the molecule is Clc1ccc(C2C[C](Cc3nc4ccccc4s3)C2)cc1. The molecule has 0 amide bonds. The van der Waals surface area contributed by atoms with Crippen molar-refractivity contribution in [1.29, 1.82) is 0 Å². The zero-order valence-electron chi connectivity index (χ0n) is 11.6. The van der Waals surface area contributed by atoms with Crippen molar-refractivity contribution in [2.24, 2.45) is 0 Å². The molecule has 105 valence electrons. The number of benzene rings is 2. The zero-order valence-corrected chi connectivity index (χ0v) is 13.1. The highest BCUT2D eigenvalue weighted by Crippen LogP contribution is 2.45. The summed E-state index contributed by atoms with van der Waals surface area (Å²) >= 11 is 7.76. The topological polar surface area (TPSA) is 12.9 Å². The first-order valence-corrected chi connectivity index (χ1v) is 8.41. The van der Waals surface area contributed by atoms with E-state index < -0.39 is 0 Å². The van der Waals surface area contributed by atoms with Gasteiger partial charge in [-0.15, -0.1) is 11.3 Å². The minimum Gasteiger partial charge on any atom is -0.241 e. The summed E-state index contributed by atoms with van der Waals surface area (Å²) in [6, 6.07) is 16.7. The molecule has 4 rings (SSSR count). The molecule has 1 aliphatic carbocycles. The van der Waals surface area contributed by atoms with Crippen LogP contribution in [-0.2, 0) is 6.42 Å². The molecule has 1 aliphatic rings. The molecule has 0 unspecified atom stereocenters. The largest absolute Gasteiger partial charge is 0.241 e. The molecule has 1 fully saturated rings. The average molecular weight is 313 g/mol. The third-order valence-corrected chi connectivity index (χ3v) is 5.44. The number of rotatable bonds is 3. The lowest BCUT2D eigenvalue weighted by Gasteiger charge is -2.34. The monoisotopic (exact) mass is 312 g/mol. The van der Waals surface area contributed by atoms with Gasteiger partial charge in [-0.1, -0.05) is 35.9 Å². The molecule has 0 spiro atoms. The van der Waals surface area contributed by atoms with Gasteiger partial charge in [-0.05, 0) is 54.5 Å². The predicted octanol–water partition coefficient (Wildman–Crippen LogP) is 5.64. The standard InChI is InChI=1S/C18H15ClNS/c19-15-7-5-13(6-8-15)14-9-12(10-14)11-18-20-16-3-1-2-4-17(16)21-18/h1-8,14H,9-11H2. The van der Waals surface area contributed by atoms with Crippen LogP contribution < -0.4 is 0 Å². The summed E-state index contributed by atoms with van der Waals surface area (Å²) in [6.45, 7) is 0. The Morgan fingerprint density at radius 2 is 1.81 bits per heavy atom. The lowest BCUT2D eigenvalue weighted by atomic mass is 9.70. The third-order valence-electron chi connectivity index (χ3n) is 4.15. The van der Waals surface area contributed by atoms with Crippen LogP contribution in [0.5, 0.6) is 0 Å². The van der Waals surface area contributed by atoms with Gasteiger partial charge >= 0.3 is 0 Å². The highest BCUT2D eigenvalue weighted by molar-refractivity contribution is 7.18. The summed E-state index contributed by atoms with van der Waals surface area (Å²) in [4.78, 5) is 4.72. The summed E-state index contributed by atoms with van der Waals surface area (Å²) in [7, 11) is 0. The second kappa shape index (κ2) is 5.43. The fourth-order valence-corrected chi connectivity index (χ4v) is 4.13. The molecule has 0 N–H and O–H groups in total. The Kier molecular flexibility index (Phi) is 3.44. The predicted molar refractivity (Wildman–Crippen MR) is 90.0 cm³/mol. The van der Waals surface area contributed by atoms with Crippen LogP contribution in [0.1, 0.15) is 29.3 Å². The second-order valence-electron chi connectivity index (χ2n) is 5.66. The van der Waals surface area contributed by atoms with Crippen LogP contribution in [0.3, 0.4) is 0 Å². The molecule has 0 saturated heterocycles. The van der Waals surface area contributed by atoms with Crippen LogP contribution in [0.25, 0.3) is 10.2 Å². The minimum atomic E-state index is 0.673. The van der Waals surface area contributed by atoms with E-state index in [-0.39, 0.29) is 0 Å². The average Bonchev–Trinajstić information content (AvgIpc) is 2.86. The van der Waals surface area contributed by atoms with Crippen LogP contribution in [0, 0.1) is 5.92 Å². The van der Waals surface area contributed by atoms with Gasteiger partial charge in [0.2, 0.25) is 0 Å². The van der Waals surface area contributed by atoms with Gasteiger partial charge in [0.05, 0.1) is 15.2 Å². The number of hydrogen-bond donors (Lipinski definition) is 0. The summed E-state index contributed by atoms with van der Waals surface area (Å²) < 4.78 is 1.29. The second-order valence-corrected chi connectivity index (χ2v) is 7.21. The normalized spacial score (nSPS) is 16.2. The molecule has 0 atom stereocenters. The number of thiazole rings is 1. The van der Waals surface area contributed by atoms with Crippen molar-refractivity contribution in [2.75, 3.05) is 0 Å². The van der Waals surface area contributed by atoms with Crippen molar-refractivity contribution >= 4 is 33.2 Å². The molecule has 21 heavy (non-hydrogen) atoms. The maximum absolute atomic E-state index is 5.94. The van der Waals surface area contributed by atoms with Crippen LogP contribution in [0.15, 0.2) is 48.5 Å². The van der Waals surface area contributed by atoms with E-state index in [9.17, 15) is 0 Å². The smallest absolute Gasteiger partial charge is 0.0944 e. The summed E-state index contributed by atoms with van der Waals surface area (Å²) in [5, 5.41) is 2.07. The van der Waals surface area contributed by atoms with Crippen molar-refractivity contribution in [1.82, 2.24) is 4.98 Å². The number of aromatic nitrogens is 1. The molecule has 1 nitrogen and oxygen atoms in total. The molecular formula is C18H15ClNS. The van der Waals surface area contributed by atoms with Gasteiger partial charge in [-0.2, -0.15) is 0 Å². The van der Waals surface area contributed by atoms with Gasteiger partial charge in [0.1, 0.15) is 0 Å². The number of para-hydroxylation sites is 1. The van der Waals surface area contributed by atoms with E-state index in [4.69, 9.17) is 16.6 Å². The van der Waals surface area contributed by atoms with E-state index in [1.54, 1.807) is 5.92 Å². The number of hydrogen-bond acceptors (Lipinski definition) is 2. The van der Waals surface area contributed by atoms with Crippen molar-refractivity contribution < 1.29 is 0 Å².